The Bertz CT molecular complexity index is 1350. The molecule has 2 aromatic carbocycles. The first-order chi connectivity index (χ1) is 16.4. The van der Waals surface area contributed by atoms with E-state index in [-0.39, 0.29) is 11.8 Å². The minimum atomic E-state index is -0.679. The minimum Gasteiger partial charge on any atom is -0.456 e. The van der Waals surface area contributed by atoms with Crippen molar-refractivity contribution in [2.45, 2.75) is 45.8 Å². The van der Waals surface area contributed by atoms with Gasteiger partial charge in [0.1, 0.15) is 11.6 Å². The van der Waals surface area contributed by atoms with Gasteiger partial charge in [0.2, 0.25) is 5.91 Å². The molecule has 1 atom stereocenters. The average Bonchev–Trinajstić information content (AvgIpc) is 3.12. The van der Waals surface area contributed by atoms with Gasteiger partial charge in [-0.2, -0.15) is 0 Å². The number of hydrogen-bond acceptors (Lipinski definition) is 5. The van der Waals surface area contributed by atoms with E-state index < -0.39 is 17.6 Å². The highest BCUT2D eigenvalue weighted by Crippen LogP contribution is 2.29. The summed E-state index contributed by atoms with van der Waals surface area (Å²) in [4.78, 5) is 45.1. The van der Waals surface area contributed by atoms with E-state index in [0.717, 1.165) is 4.47 Å². The second-order valence-corrected chi connectivity index (χ2v) is 11.3. The van der Waals surface area contributed by atoms with E-state index >= 15 is 0 Å². The number of nitrogens with zero attached hydrogens (tertiary/aromatic N) is 2. The van der Waals surface area contributed by atoms with Gasteiger partial charge in [0.15, 0.2) is 0 Å². The number of ether oxygens (including phenoxy) is 1. The van der Waals surface area contributed by atoms with Crippen LogP contribution in [-0.4, -0.2) is 41.0 Å². The van der Waals surface area contributed by atoms with Gasteiger partial charge in [0.05, 0.1) is 16.6 Å². The van der Waals surface area contributed by atoms with E-state index in [0.29, 0.717) is 50.8 Å². The third kappa shape index (κ3) is 5.73. The molecule has 0 bridgehead atoms. The smallest absolute Gasteiger partial charge is 0.338 e. The van der Waals surface area contributed by atoms with Crippen LogP contribution in [0.3, 0.4) is 0 Å². The second-order valence-electron chi connectivity index (χ2n) is 9.48. The first-order valence-electron chi connectivity index (χ1n) is 11.1. The van der Waals surface area contributed by atoms with E-state index in [1.807, 2.05) is 25.1 Å². The molecule has 2 amide bonds. The molecule has 1 aliphatic heterocycles. The van der Waals surface area contributed by atoms with Crippen LogP contribution in [0, 0.1) is 6.92 Å². The summed E-state index contributed by atoms with van der Waals surface area (Å²) in [6.07, 6.45) is 0.449. The van der Waals surface area contributed by atoms with Crippen LogP contribution in [0.2, 0.25) is 0 Å². The van der Waals surface area contributed by atoms with Crippen molar-refractivity contribution in [3.63, 3.8) is 0 Å². The zero-order chi connectivity index (χ0) is 25.5. The lowest BCUT2D eigenvalue weighted by Crippen LogP contribution is -2.41. The largest absolute Gasteiger partial charge is 0.456 e. The SMILES string of the molecule is Cc1cc(C(=O)NC2CCN(c3cc(Br)cc(C(=O)OC(C)(C)C)c3)C2=O)c2cc(Br)ccc2n1. The first-order valence-corrected chi connectivity index (χ1v) is 12.7. The molecule has 0 aliphatic carbocycles. The van der Waals surface area contributed by atoms with Crippen molar-refractivity contribution in [3.8, 4) is 0 Å². The normalized spacial score (nSPS) is 16.0. The molecule has 0 spiro atoms. The monoisotopic (exact) mass is 601 g/mol. The van der Waals surface area contributed by atoms with Gasteiger partial charge < -0.3 is 15.0 Å². The molecule has 1 N–H and O–H groups in total. The zero-order valence-corrected chi connectivity index (χ0v) is 23.0. The summed E-state index contributed by atoms with van der Waals surface area (Å²) in [6, 6.07) is 11.7. The van der Waals surface area contributed by atoms with E-state index in [2.05, 4.69) is 42.2 Å². The van der Waals surface area contributed by atoms with Crippen LogP contribution in [0.4, 0.5) is 5.69 Å². The summed E-state index contributed by atoms with van der Waals surface area (Å²) in [5, 5.41) is 3.60. The number of hydrogen-bond donors (Lipinski definition) is 1. The predicted molar refractivity (Wildman–Crippen MR) is 142 cm³/mol. The van der Waals surface area contributed by atoms with Crippen LogP contribution >= 0.6 is 31.9 Å². The van der Waals surface area contributed by atoms with Crippen molar-refractivity contribution in [1.82, 2.24) is 10.3 Å². The van der Waals surface area contributed by atoms with Crippen molar-refractivity contribution >= 4 is 66.2 Å². The molecular weight excluding hydrogens is 578 g/mol. The number of esters is 1. The predicted octanol–water partition coefficient (Wildman–Crippen LogP) is 5.56. The van der Waals surface area contributed by atoms with Crippen molar-refractivity contribution in [3.05, 3.63) is 68.2 Å². The fourth-order valence-electron chi connectivity index (χ4n) is 4.01. The highest BCUT2D eigenvalue weighted by atomic mass is 79.9. The van der Waals surface area contributed by atoms with Crippen LogP contribution in [-0.2, 0) is 9.53 Å². The topological polar surface area (TPSA) is 88.6 Å². The molecule has 182 valence electrons. The number of aryl methyl sites for hydroxylation is 1. The number of nitrogens with one attached hydrogen (secondary N) is 1. The van der Waals surface area contributed by atoms with Gasteiger partial charge in [-0.05, 0) is 76.6 Å². The molecule has 1 saturated heterocycles. The molecule has 1 unspecified atom stereocenters. The Labute approximate surface area is 220 Å². The van der Waals surface area contributed by atoms with Crippen molar-refractivity contribution in [2.75, 3.05) is 11.4 Å². The molecule has 9 heteroatoms. The lowest BCUT2D eigenvalue weighted by Gasteiger charge is -2.21. The van der Waals surface area contributed by atoms with Crippen LogP contribution in [0.25, 0.3) is 10.9 Å². The summed E-state index contributed by atoms with van der Waals surface area (Å²) in [7, 11) is 0. The number of aromatic nitrogens is 1. The van der Waals surface area contributed by atoms with Crippen LogP contribution in [0.1, 0.15) is 53.6 Å². The fraction of sp³-hybridized carbons (Fsp3) is 0.308. The Morgan fingerprint density at radius 3 is 2.54 bits per heavy atom. The lowest BCUT2D eigenvalue weighted by atomic mass is 10.1. The number of fused-ring (bicyclic) bond motifs is 1. The molecule has 4 rings (SSSR count). The molecule has 0 saturated carbocycles. The number of pyridine rings is 1. The molecule has 7 nitrogen and oxygen atoms in total. The molecule has 35 heavy (non-hydrogen) atoms. The van der Waals surface area contributed by atoms with Crippen LogP contribution in [0.5, 0.6) is 0 Å². The molecule has 2 heterocycles. The molecule has 0 radical (unpaired) electrons. The Kier molecular flexibility index (Phi) is 7.02. The maximum Gasteiger partial charge on any atom is 0.338 e. The molecule has 1 fully saturated rings. The van der Waals surface area contributed by atoms with Gasteiger partial charge in [-0.15, -0.1) is 0 Å². The number of carbonyl (C=O) groups is 3. The van der Waals surface area contributed by atoms with Gasteiger partial charge in [0, 0.05) is 32.3 Å². The third-order valence-electron chi connectivity index (χ3n) is 5.48. The summed E-state index contributed by atoms with van der Waals surface area (Å²) in [6.45, 7) is 7.64. The number of halogens is 2. The molecular formula is C26H25Br2N3O4. The maximum atomic E-state index is 13.2. The summed E-state index contributed by atoms with van der Waals surface area (Å²) >= 11 is 6.87. The van der Waals surface area contributed by atoms with Crippen molar-refractivity contribution in [1.29, 1.82) is 0 Å². The highest BCUT2D eigenvalue weighted by Gasteiger charge is 2.34. The van der Waals surface area contributed by atoms with Gasteiger partial charge in [-0.25, -0.2) is 4.79 Å². The van der Waals surface area contributed by atoms with Gasteiger partial charge in [-0.1, -0.05) is 31.9 Å². The van der Waals surface area contributed by atoms with Gasteiger partial charge in [0.25, 0.3) is 5.91 Å². The summed E-state index contributed by atoms with van der Waals surface area (Å²) in [5.74, 6) is -1.03. The number of amides is 2. The van der Waals surface area contributed by atoms with Gasteiger partial charge in [-0.3, -0.25) is 14.6 Å². The quantitative estimate of drug-likeness (QED) is 0.395. The average molecular weight is 603 g/mol. The number of carbonyl (C=O) groups excluding carboxylic acids is 3. The Morgan fingerprint density at radius 1 is 1.09 bits per heavy atom. The van der Waals surface area contributed by atoms with Crippen molar-refractivity contribution < 1.29 is 19.1 Å². The first kappa shape index (κ1) is 25.3. The fourth-order valence-corrected chi connectivity index (χ4v) is 4.85. The third-order valence-corrected chi connectivity index (χ3v) is 6.43. The molecule has 3 aromatic rings. The van der Waals surface area contributed by atoms with Gasteiger partial charge >= 0.3 is 5.97 Å². The van der Waals surface area contributed by atoms with E-state index in [1.54, 1.807) is 49.9 Å². The summed E-state index contributed by atoms with van der Waals surface area (Å²) in [5.41, 5.74) is 2.16. The number of rotatable bonds is 4. The summed E-state index contributed by atoms with van der Waals surface area (Å²) < 4.78 is 6.96. The second kappa shape index (κ2) is 9.70. The Hall–Kier alpha value is -2.78. The Morgan fingerprint density at radius 2 is 1.83 bits per heavy atom. The molecule has 1 aliphatic rings. The Balaban J connectivity index is 1.55. The van der Waals surface area contributed by atoms with Crippen molar-refractivity contribution in [2.24, 2.45) is 0 Å². The molecule has 1 aromatic heterocycles. The van der Waals surface area contributed by atoms with Crippen LogP contribution < -0.4 is 10.2 Å². The minimum absolute atomic E-state index is 0.233. The lowest BCUT2D eigenvalue weighted by molar-refractivity contribution is -0.118. The van der Waals surface area contributed by atoms with E-state index in [9.17, 15) is 14.4 Å². The highest BCUT2D eigenvalue weighted by molar-refractivity contribution is 9.10. The van der Waals surface area contributed by atoms with E-state index in [4.69, 9.17) is 4.74 Å². The van der Waals surface area contributed by atoms with E-state index in [1.165, 1.54) is 0 Å². The standard InChI is InChI=1S/C26H25Br2N3O4/c1-14-9-20(19-13-16(27)5-6-21(19)29-14)23(32)30-22-7-8-31(24(22)33)18-11-15(10-17(28)12-18)25(34)35-26(2,3)4/h5-6,9-13,22H,7-8H2,1-4H3,(H,30,32). The number of anilines is 1. The number of benzene rings is 2. The zero-order valence-electron chi connectivity index (χ0n) is 19.8. The van der Waals surface area contributed by atoms with Crippen LogP contribution in [0.15, 0.2) is 51.4 Å². The maximum absolute atomic E-state index is 13.2.